The maximum atomic E-state index is 9.24. The Morgan fingerprint density at radius 1 is 1.14 bits per heavy atom. The molecule has 4 rings (SSSR count). The van der Waals surface area contributed by atoms with E-state index in [1.807, 2.05) is 0 Å². The summed E-state index contributed by atoms with van der Waals surface area (Å²) in [4.78, 5) is 2.50. The summed E-state index contributed by atoms with van der Waals surface area (Å²) in [6.07, 6.45) is 11.6. The number of nitriles is 1. The second-order valence-corrected chi connectivity index (χ2v) is 6.02. The van der Waals surface area contributed by atoms with Gasteiger partial charge in [0.15, 0.2) is 0 Å². The number of benzene rings is 1. The van der Waals surface area contributed by atoms with Gasteiger partial charge in [-0.15, -0.1) is 0 Å². The van der Waals surface area contributed by atoms with Gasteiger partial charge in [0.1, 0.15) is 0 Å². The molecular weight excluding hydrogens is 256 g/mol. The van der Waals surface area contributed by atoms with Crippen molar-refractivity contribution in [1.29, 1.82) is 5.26 Å². The molecule has 1 saturated carbocycles. The second kappa shape index (κ2) is 4.93. The normalized spacial score (nSPS) is 23.5. The summed E-state index contributed by atoms with van der Waals surface area (Å²) in [7, 11) is 0. The van der Waals surface area contributed by atoms with Gasteiger partial charge in [-0.3, -0.25) is 0 Å². The second-order valence-electron chi connectivity index (χ2n) is 6.02. The van der Waals surface area contributed by atoms with Crippen molar-refractivity contribution in [3.05, 3.63) is 58.7 Å². The minimum absolute atomic E-state index is 0.508. The summed E-state index contributed by atoms with van der Waals surface area (Å²) in [6.45, 7) is 0.852. The number of hydrogen-bond donors (Lipinski definition) is 0. The van der Waals surface area contributed by atoms with Gasteiger partial charge in [0.25, 0.3) is 0 Å². The Hall–Kier alpha value is -2.27. The van der Waals surface area contributed by atoms with E-state index >= 15 is 0 Å². The lowest BCUT2D eigenvalue weighted by molar-refractivity contribution is 0.306. The van der Waals surface area contributed by atoms with E-state index in [-0.39, 0.29) is 0 Å². The molecule has 1 unspecified atom stereocenters. The van der Waals surface area contributed by atoms with Crippen molar-refractivity contribution in [2.24, 2.45) is 0 Å². The van der Waals surface area contributed by atoms with E-state index < -0.39 is 0 Å². The molecule has 1 atom stereocenters. The van der Waals surface area contributed by atoms with Gasteiger partial charge in [0.2, 0.25) is 0 Å². The summed E-state index contributed by atoms with van der Waals surface area (Å²) < 4.78 is 0. The van der Waals surface area contributed by atoms with Crippen LogP contribution >= 0.6 is 0 Å². The summed E-state index contributed by atoms with van der Waals surface area (Å²) in [5, 5.41) is 9.24. The van der Waals surface area contributed by atoms with Crippen LogP contribution in [0, 0.1) is 11.3 Å². The predicted octanol–water partition coefficient (Wildman–Crippen LogP) is 4.13. The Bertz CT molecular complexity index is 715. The lowest BCUT2D eigenvalue weighted by atomic mass is 9.88. The van der Waals surface area contributed by atoms with Crippen LogP contribution in [0.2, 0.25) is 0 Å². The van der Waals surface area contributed by atoms with Gasteiger partial charge in [-0.2, -0.15) is 5.26 Å². The van der Waals surface area contributed by atoms with Crippen LogP contribution in [0.25, 0.3) is 11.8 Å². The molecule has 2 nitrogen and oxygen atoms in total. The molecule has 0 spiro atoms. The van der Waals surface area contributed by atoms with E-state index in [4.69, 9.17) is 0 Å². The topological polar surface area (TPSA) is 27.0 Å². The Morgan fingerprint density at radius 2 is 2.05 bits per heavy atom. The minimum atomic E-state index is 0.508. The van der Waals surface area contributed by atoms with E-state index in [1.165, 1.54) is 42.5 Å². The zero-order valence-electron chi connectivity index (χ0n) is 12.0. The molecule has 1 aromatic rings. The lowest BCUT2D eigenvalue weighted by Gasteiger charge is -2.39. The number of hydrogen-bond acceptors (Lipinski definition) is 2. The molecule has 0 aromatic heterocycles. The summed E-state index contributed by atoms with van der Waals surface area (Å²) in [5.74, 6) is 0. The molecule has 0 amide bonds. The number of nitrogens with zero attached hydrogens (tertiary/aromatic N) is 2. The third kappa shape index (κ3) is 2.01. The van der Waals surface area contributed by atoms with E-state index in [0.29, 0.717) is 6.04 Å². The van der Waals surface area contributed by atoms with Crippen LogP contribution in [-0.2, 0) is 0 Å². The van der Waals surface area contributed by atoms with Gasteiger partial charge < -0.3 is 4.90 Å². The molecule has 0 bridgehead atoms. The van der Waals surface area contributed by atoms with Crippen molar-refractivity contribution in [3.8, 4) is 6.07 Å². The predicted molar refractivity (Wildman–Crippen MR) is 85.1 cm³/mol. The molecule has 2 heteroatoms. The molecule has 0 radical (unpaired) electrons. The molecule has 2 heterocycles. The highest BCUT2D eigenvalue weighted by molar-refractivity contribution is 5.79. The number of rotatable bonds is 0. The van der Waals surface area contributed by atoms with Crippen LogP contribution < -0.4 is 0 Å². The fourth-order valence-electron chi connectivity index (χ4n) is 3.79. The highest BCUT2D eigenvalue weighted by atomic mass is 15.2. The van der Waals surface area contributed by atoms with Gasteiger partial charge in [0, 0.05) is 17.8 Å². The largest absolute Gasteiger partial charge is 0.360 e. The fourth-order valence-corrected chi connectivity index (χ4v) is 3.79. The molecular formula is C19H18N2. The van der Waals surface area contributed by atoms with Crippen molar-refractivity contribution in [2.45, 2.75) is 31.7 Å². The van der Waals surface area contributed by atoms with Crippen LogP contribution in [0.5, 0.6) is 0 Å². The summed E-state index contributed by atoms with van der Waals surface area (Å²) in [5.41, 5.74) is 6.14. The van der Waals surface area contributed by atoms with Crippen molar-refractivity contribution >= 4 is 11.8 Å². The zero-order chi connectivity index (χ0) is 14.2. The van der Waals surface area contributed by atoms with Crippen LogP contribution in [0.15, 0.2) is 47.6 Å². The fraction of sp³-hybridized carbons (Fsp3) is 0.316. The molecule has 3 aliphatic rings. The zero-order valence-corrected chi connectivity index (χ0v) is 12.0. The van der Waals surface area contributed by atoms with Gasteiger partial charge >= 0.3 is 0 Å². The summed E-state index contributed by atoms with van der Waals surface area (Å²) in [6, 6.07) is 11.4. The SMILES string of the molecule is N#CC1=CCN2C(=C1)c1ccccc1C=C1CCCCC12. The molecule has 21 heavy (non-hydrogen) atoms. The Labute approximate surface area is 125 Å². The van der Waals surface area contributed by atoms with E-state index in [0.717, 1.165) is 12.1 Å². The molecule has 0 saturated heterocycles. The molecule has 1 fully saturated rings. The first kappa shape index (κ1) is 12.5. The van der Waals surface area contributed by atoms with Crippen LogP contribution in [0.3, 0.4) is 0 Å². The van der Waals surface area contributed by atoms with Crippen LogP contribution in [0.1, 0.15) is 36.8 Å². The van der Waals surface area contributed by atoms with Crippen LogP contribution in [0.4, 0.5) is 0 Å². The first-order valence-electron chi connectivity index (χ1n) is 7.75. The standard InChI is InChI=1S/C19H18N2/c20-13-14-9-10-21-18-8-4-2-6-16(18)12-15-5-1-3-7-17(15)19(21)11-14/h1,3,5,7,9,11-12,18H,2,4,6,8,10H2. The average molecular weight is 274 g/mol. The third-order valence-electron chi connectivity index (χ3n) is 4.81. The molecule has 104 valence electrons. The molecule has 1 aliphatic carbocycles. The van der Waals surface area contributed by atoms with Crippen molar-refractivity contribution in [1.82, 2.24) is 4.90 Å². The van der Waals surface area contributed by atoms with Gasteiger partial charge in [-0.05, 0) is 42.6 Å². The smallest absolute Gasteiger partial charge is 0.0989 e. The van der Waals surface area contributed by atoms with Gasteiger partial charge in [-0.25, -0.2) is 0 Å². The maximum absolute atomic E-state index is 9.24. The molecule has 1 aromatic carbocycles. The van der Waals surface area contributed by atoms with E-state index in [2.05, 4.69) is 53.5 Å². The summed E-state index contributed by atoms with van der Waals surface area (Å²) >= 11 is 0. The van der Waals surface area contributed by atoms with E-state index in [1.54, 1.807) is 5.57 Å². The Balaban J connectivity index is 1.91. The first-order chi connectivity index (χ1) is 10.4. The first-order valence-corrected chi connectivity index (χ1v) is 7.75. The number of allylic oxidation sites excluding steroid dienone is 2. The third-order valence-corrected chi connectivity index (χ3v) is 4.81. The highest BCUT2D eigenvalue weighted by Crippen LogP contribution is 2.40. The molecule has 0 N–H and O–H groups in total. The van der Waals surface area contributed by atoms with Gasteiger partial charge in [-0.1, -0.05) is 36.8 Å². The van der Waals surface area contributed by atoms with Crippen molar-refractivity contribution in [2.75, 3.05) is 6.54 Å². The highest BCUT2D eigenvalue weighted by Gasteiger charge is 2.31. The van der Waals surface area contributed by atoms with Gasteiger partial charge in [0.05, 0.1) is 17.7 Å². The monoisotopic (exact) mass is 274 g/mol. The Morgan fingerprint density at radius 3 is 2.95 bits per heavy atom. The average Bonchev–Trinajstić information content (AvgIpc) is 2.69. The van der Waals surface area contributed by atoms with Crippen LogP contribution in [-0.4, -0.2) is 17.5 Å². The Kier molecular flexibility index (Phi) is 2.93. The number of fused-ring (bicyclic) bond motifs is 5. The minimum Gasteiger partial charge on any atom is -0.360 e. The lowest BCUT2D eigenvalue weighted by Crippen LogP contribution is -2.37. The van der Waals surface area contributed by atoms with Crippen molar-refractivity contribution in [3.63, 3.8) is 0 Å². The molecule has 2 aliphatic heterocycles. The van der Waals surface area contributed by atoms with Crippen molar-refractivity contribution < 1.29 is 0 Å². The maximum Gasteiger partial charge on any atom is 0.0989 e. The van der Waals surface area contributed by atoms with E-state index in [9.17, 15) is 5.26 Å². The quantitative estimate of drug-likeness (QED) is 0.711.